The molecule has 1 fully saturated rings. The van der Waals surface area contributed by atoms with Crippen molar-refractivity contribution in [1.82, 2.24) is 10.2 Å². The lowest BCUT2D eigenvalue weighted by molar-refractivity contribution is -0.129. The third kappa shape index (κ3) is 6.50. The van der Waals surface area contributed by atoms with Crippen molar-refractivity contribution in [2.24, 2.45) is 0 Å². The Morgan fingerprint density at radius 3 is 2.66 bits per heavy atom. The van der Waals surface area contributed by atoms with Gasteiger partial charge in [-0.3, -0.25) is 19.3 Å². The lowest BCUT2D eigenvalue weighted by Crippen LogP contribution is -2.39. The molecule has 8 nitrogen and oxygen atoms in total. The number of methoxy groups -OCH3 is 1. The van der Waals surface area contributed by atoms with Crippen LogP contribution in [-0.4, -0.2) is 62.0 Å². The molecule has 0 saturated carbocycles. The van der Waals surface area contributed by atoms with Crippen LogP contribution in [0, 0.1) is 0 Å². The van der Waals surface area contributed by atoms with Crippen LogP contribution in [-0.2, 0) is 14.3 Å². The summed E-state index contributed by atoms with van der Waals surface area (Å²) in [7, 11) is 1.58. The van der Waals surface area contributed by atoms with Gasteiger partial charge in [-0.15, -0.1) is 0 Å². The number of hydrogen-bond acceptors (Lipinski definition) is 7. The zero-order chi connectivity index (χ0) is 21.2. The quantitative estimate of drug-likeness (QED) is 0.433. The Balaban J connectivity index is 2.10. The van der Waals surface area contributed by atoms with Crippen molar-refractivity contribution in [2.45, 2.75) is 20.3 Å². The number of nitrogens with one attached hydrogen (secondary N) is 1. The van der Waals surface area contributed by atoms with Gasteiger partial charge in [-0.1, -0.05) is 0 Å². The van der Waals surface area contributed by atoms with Gasteiger partial charge >= 0.3 is 0 Å². The van der Waals surface area contributed by atoms with Gasteiger partial charge in [0.05, 0.1) is 18.1 Å². The largest absolute Gasteiger partial charge is 0.494 e. The average molecular weight is 423 g/mol. The van der Waals surface area contributed by atoms with Gasteiger partial charge in [-0.05, 0) is 50.2 Å². The van der Waals surface area contributed by atoms with E-state index in [0.29, 0.717) is 49.8 Å². The summed E-state index contributed by atoms with van der Waals surface area (Å²) in [4.78, 5) is 38.0. The van der Waals surface area contributed by atoms with Crippen molar-refractivity contribution < 1.29 is 28.6 Å². The van der Waals surface area contributed by atoms with E-state index in [4.69, 9.17) is 14.2 Å². The van der Waals surface area contributed by atoms with Crippen molar-refractivity contribution >= 4 is 34.9 Å². The number of carbonyl (C=O) groups excluding carboxylic acids is 3. The number of carbonyl (C=O) groups is 3. The molecule has 29 heavy (non-hydrogen) atoms. The molecular formula is C20H26N2O6S. The summed E-state index contributed by atoms with van der Waals surface area (Å²) in [6.07, 6.45) is 2.25. The van der Waals surface area contributed by atoms with Crippen LogP contribution in [0.3, 0.4) is 0 Å². The van der Waals surface area contributed by atoms with Gasteiger partial charge in [-0.25, -0.2) is 0 Å². The summed E-state index contributed by atoms with van der Waals surface area (Å²) < 4.78 is 16.0. The molecule has 1 aromatic rings. The van der Waals surface area contributed by atoms with Crippen LogP contribution in [0.1, 0.15) is 25.8 Å². The lowest BCUT2D eigenvalue weighted by atomic mass is 10.1. The van der Waals surface area contributed by atoms with Gasteiger partial charge in [0.1, 0.15) is 18.0 Å². The van der Waals surface area contributed by atoms with E-state index in [0.717, 1.165) is 16.7 Å². The number of ether oxygens (including phenoxy) is 3. The molecule has 1 aromatic carbocycles. The number of thioether (sulfide) groups is 1. The Kier molecular flexibility index (Phi) is 9.01. The maximum Gasteiger partial charge on any atom is 0.294 e. The van der Waals surface area contributed by atoms with Crippen molar-refractivity contribution in [1.29, 1.82) is 0 Å². The molecule has 1 heterocycles. The molecule has 1 aliphatic heterocycles. The molecule has 158 valence electrons. The molecule has 0 radical (unpaired) electrons. The van der Waals surface area contributed by atoms with Crippen LogP contribution in [0.4, 0.5) is 4.79 Å². The van der Waals surface area contributed by atoms with E-state index < -0.39 is 11.1 Å². The normalized spacial score (nSPS) is 15.1. The van der Waals surface area contributed by atoms with E-state index in [9.17, 15) is 14.4 Å². The van der Waals surface area contributed by atoms with Crippen LogP contribution in [0.25, 0.3) is 6.08 Å². The van der Waals surface area contributed by atoms with Crippen LogP contribution in [0.2, 0.25) is 0 Å². The van der Waals surface area contributed by atoms with Gasteiger partial charge in [0.2, 0.25) is 5.91 Å². The maximum absolute atomic E-state index is 12.6. The van der Waals surface area contributed by atoms with Gasteiger partial charge in [0.15, 0.2) is 0 Å². The molecule has 1 aliphatic rings. The average Bonchev–Trinajstić information content (AvgIpc) is 2.95. The Morgan fingerprint density at radius 2 is 1.97 bits per heavy atom. The van der Waals surface area contributed by atoms with Gasteiger partial charge in [0.25, 0.3) is 11.1 Å². The number of hydrogen-bond donors (Lipinski definition) is 1. The molecule has 0 unspecified atom stereocenters. The molecule has 0 bridgehead atoms. The molecule has 1 N–H and O–H groups in total. The molecular weight excluding hydrogens is 396 g/mol. The Hall–Kier alpha value is -2.52. The Bertz CT molecular complexity index is 780. The summed E-state index contributed by atoms with van der Waals surface area (Å²) >= 11 is 0.804. The third-order valence-electron chi connectivity index (χ3n) is 3.91. The summed E-state index contributed by atoms with van der Waals surface area (Å²) in [5.74, 6) is 0.330. The monoisotopic (exact) mass is 422 g/mol. The predicted octanol–water partition coefficient (Wildman–Crippen LogP) is 2.67. The highest BCUT2D eigenvalue weighted by atomic mass is 32.2. The SMILES string of the molecule is CCOc1ccc(/C=C2\SC(=O)N(CC(=O)NCCCOC)C2=O)c(OCC)c1. The second kappa shape index (κ2) is 11.5. The van der Waals surface area contributed by atoms with E-state index in [1.807, 2.05) is 13.8 Å². The number of nitrogens with zero attached hydrogens (tertiary/aromatic N) is 1. The highest BCUT2D eigenvalue weighted by molar-refractivity contribution is 8.18. The van der Waals surface area contributed by atoms with Gasteiger partial charge < -0.3 is 19.5 Å². The first-order chi connectivity index (χ1) is 14.0. The van der Waals surface area contributed by atoms with Crippen molar-refractivity contribution in [3.8, 4) is 11.5 Å². The number of rotatable bonds is 11. The predicted molar refractivity (Wildman–Crippen MR) is 111 cm³/mol. The molecule has 9 heteroatoms. The van der Waals surface area contributed by atoms with E-state index in [1.165, 1.54) is 0 Å². The fourth-order valence-corrected chi connectivity index (χ4v) is 3.42. The zero-order valence-corrected chi connectivity index (χ0v) is 17.7. The number of imide groups is 1. The van der Waals surface area contributed by atoms with E-state index >= 15 is 0 Å². The fraction of sp³-hybridized carbons (Fsp3) is 0.450. The maximum atomic E-state index is 12.6. The van der Waals surface area contributed by atoms with E-state index in [2.05, 4.69) is 5.32 Å². The van der Waals surface area contributed by atoms with Crippen molar-refractivity contribution in [3.05, 3.63) is 28.7 Å². The smallest absolute Gasteiger partial charge is 0.294 e. The second-order valence-corrected chi connectivity index (χ2v) is 7.02. The molecule has 0 aromatic heterocycles. The third-order valence-corrected chi connectivity index (χ3v) is 4.81. The molecule has 0 spiro atoms. The Morgan fingerprint density at radius 1 is 1.21 bits per heavy atom. The summed E-state index contributed by atoms with van der Waals surface area (Å²) in [6.45, 7) is 5.35. The van der Waals surface area contributed by atoms with E-state index in [1.54, 1.807) is 31.4 Å². The zero-order valence-electron chi connectivity index (χ0n) is 16.9. The fourth-order valence-electron chi connectivity index (χ4n) is 2.59. The van der Waals surface area contributed by atoms with Gasteiger partial charge in [0, 0.05) is 31.9 Å². The molecule has 0 atom stereocenters. The first-order valence-electron chi connectivity index (χ1n) is 9.40. The molecule has 3 amide bonds. The first kappa shape index (κ1) is 22.8. The summed E-state index contributed by atoms with van der Waals surface area (Å²) in [5, 5.41) is 2.19. The van der Waals surface area contributed by atoms with Crippen molar-refractivity contribution in [3.63, 3.8) is 0 Å². The minimum Gasteiger partial charge on any atom is -0.494 e. The molecule has 1 saturated heterocycles. The molecule has 0 aliphatic carbocycles. The highest BCUT2D eigenvalue weighted by Crippen LogP contribution is 2.35. The van der Waals surface area contributed by atoms with Crippen LogP contribution in [0.5, 0.6) is 11.5 Å². The molecule has 2 rings (SSSR count). The standard InChI is InChI=1S/C20H26N2O6S/c1-4-27-15-8-7-14(16(12-15)28-5-2)11-17-19(24)22(20(25)29-17)13-18(23)21-9-6-10-26-3/h7-8,11-12H,4-6,9-10,13H2,1-3H3,(H,21,23)/b17-11-. The Labute approximate surface area is 174 Å². The minimum atomic E-state index is -0.497. The van der Waals surface area contributed by atoms with Crippen LogP contribution < -0.4 is 14.8 Å². The lowest BCUT2D eigenvalue weighted by Gasteiger charge is -2.12. The second-order valence-electron chi connectivity index (χ2n) is 6.03. The van der Waals surface area contributed by atoms with Crippen LogP contribution in [0.15, 0.2) is 23.1 Å². The summed E-state index contributed by atoms with van der Waals surface area (Å²) in [5.41, 5.74) is 0.657. The number of benzene rings is 1. The number of amides is 3. The van der Waals surface area contributed by atoms with Crippen LogP contribution >= 0.6 is 11.8 Å². The van der Waals surface area contributed by atoms with E-state index in [-0.39, 0.29) is 17.4 Å². The topological polar surface area (TPSA) is 94.2 Å². The summed E-state index contributed by atoms with van der Waals surface area (Å²) in [6, 6.07) is 5.29. The highest BCUT2D eigenvalue weighted by Gasteiger charge is 2.36. The first-order valence-corrected chi connectivity index (χ1v) is 10.2. The van der Waals surface area contributed by atoms with Crippen molar-refractivity contribution in [2.75, 3.05) is 40.0 Å². The van der Waals surface area contributed by atoms with Gasteiger partial charge in [-0.2, -0.15) is 0 Å². The minimum absolute atomic E-state index is 0.243.